The van der Waals surface area contributed by atoms with E-state index in [0.717, 1.165) is 5.56 Å². The molecule has 0 radical (unpaired) electrons. The van der Waals surface area contributed by atoms with Gasteiger partial charge in [-0.3, -0.25) is 0 Å². The Balaban J connectivity index is 0.00000144. The van der Waals surface area contributed by atoms with Crippen molar-refractivity contribution >= 4 is 29.7 Å². The fourth-order valence-electron chi connectivity index (χ4n) is 0.994. The topological polar surface area (TPSA) is 78.1 Å². The maximum atomic E-state index is 5.77. The molecule has 6 N–H and O–H groups in total. The molecule has 0 bridgehead atoms. The zero-order valence-corrected chi connectivity index (χ0v) is 8.61. The molecule has 1 aromatic carbocycles. The van der Waals surface area contributed by atoms with Gasteiger partial charge in [0.05, 0.1) is 0 Å². The quantitative estimate of drug-likeness (QED) is 0.660. The van der Waals surface area contributed by atoms with Crippen molar-refractivity contribution in [3.8, 4) is 0 Å². The van der Waals surface area contributed by atoms with Crippen LogP contribution in [-0.4, -0.2) is 6.54 Å². The normalized spacial score (nSPS) is 11.9. The lowest BCUT2D eigenvalue weighted by molar-refractivity contribution is 0.739. The fraction of sp³-hybridized carbons (Fsp3) is 0.250. The Labute approximate surface area is 88.6 Å². The van der Waals surface area contributed by atoms with Gasteiger partial charge in [0.15, 0.2) is 0 Å². The maximum absolute atomic E-state index is 5.77. The average molecular weight is 222 g/mol. The van der Waals surface area contributed by atoms with E-state index in [2.05, 4.69) is 0 Å². The number of nitrogen functional groups attached to an aromatic ring is 1. The Morgan fingerprint density at radius 1 is 1.38 bits per heavy atom. The van der Waals surface area contributed by atoms with Crippen LogP contribution in [0.2, 0.25) is 5.02 Å². The predicted octanol–water partition coefficient (Wildman–Crippen LogP) is 1.30. The summed E-state index contributed by atoms with van der Waals surface area (Å²) in [5.74, 6) is 0. The smallest absolute Gasteiger partial charge is 0.0440 e. The van der Waals surface area contributed by atoms with E-state index in [1.807, 2.05) is 0 Å². The molecule has 0 aliphatic carbocycles. The summed E-state index contributed by atoms with van der Waals surface area (Å²) in [5.41, 5.74) is 18.2. The molecule has 0 aliphatic heterocycles. The highest BCUT2D eigenvalue weighted by atomic mass is 35.5. The van der Waals surface area contributed by atoms with Crippen LogP contribution in [0.1, 0.15) is 11.6 Å². The van der Waals surface area contributed by atoms with Gasteiger partial charge in [-0.05, 0) is 23.8 Å². The van der Waals surface area contributed by atoms with Crippen molar-refractivity contribution in [3.63, 3.8) is 0 Å². The lowest BCUT2D eigenvalue weighted by Crippen LogP contribution is -2.21. The number of benzene rings is 1. The van der Waals surface area contributed by atoms with Crippen molar-refractivity contribution < 1.29 is 0 Å². The summed E-state index contributed by atoms with van der Waals surface area (Å²) in [6.45, 7) is 0.366. The molecule has 3 nitrogen and oxygen atoms in total. The van der Waals surface area contributed by atoms with Crippen LogP contribution < -0.4 is 17.2 Å². The van der Waals surface area contributed by atoms with Crippen LogP contribution in [0.4, 0.5) is 5.69 Å². The van der Waals surface area contributed by atoms with Gasteiger partial charge in [-0.15, -0.1) is 12.4 Å². The summed E-state index contributed by atoms with van der Waals surface area (Å²) in [7, 11) is 0. The summed E-state index contributed by atoms with van der Waals surface area (Å²) in [5, 5.41) is 0.628. The summed E-state index contributed by atoms with van der Waals surface area (Å²) >= 11 is 5.77. The number of nitrogens with two attached hydrogens (primary N) is 3. The van der Waals surface area contributed by atoms with Crippen molar-refractivity contribution in [2.45, 2.75) is 6.04 Å². The van der Waals surface area contributed by atoms with Gasteiger partial charge in [0, 0.05) is 23.3 Å². The fourth-order valence-corrected chi connectivity index (χ4v) is 1.17. The van der Waals surface area contributed by atoms with Crippen LogP contribution in [0, 0.1) is 0 Å². The molecule has 74 valence electrons. The molecule has 0 aromatic heterocycles. The van der Waals surface area contributed by atoms with Gasteiger partial charge in [-0.1, -0.05) is 11.6 Å². The molecule has 0 aliphatic rings. The first-order valence-corrected chi connectivity index (χ1v) is 4.03. The third-order valence-electron chi connectivity index (χ3n) is 1.70. The van der Waals surface area contributed by atoms with E-state index < -0.39 is 0 Å². The zero-order valence-electron chi connectivity index (χ0n) is 7.03. The minimum atomic E-state index is -0.233. The van der Waals surface area contributed by atoms with Gasteiger partial charge < -0.3 is 17.2 Å². The second kappa shape index (κ2) is 5.29. The molecule has 0 unspecified atom stereocenters. The summed E-state index contributed by atoms with van der Waals surface area (Å²) < 4.78 is 0. The molecule has 0 heterocycles. The van der Waals surface area contributed by atoms with Crippen molar-refractivity contribution in [3.05, 3.63) is 28.8 Å². The number of anilines is 1. The number of hydrogen-bond acceptors (Lipinski definition) is 3. The second-order valence-electron chi connectivity index (χ2n) is 2.62. The summed E-state index contributed by atoms with van der Waals surface area (Å²) in [6.07, 6.45) is 0. The third kappa shape index (κ3) is 3.04. The molecule has 0 fully saturated rings. The lowest BCUT2D eigenvalue weighted by Gasteiger charge is -2.11. The number of halogens is 2. The van der Waals surface area contributed by atoms with Gasteiger partial charge in [0.25, 0.3) is 0 Å². The molecule has 0 amide bonds. The van der Waals surface area contributed by atoms with E-state index in [9.17, 15) is 0 Å². The van der Waals surface area contributed by atoms with E-state index in [0.29, 0.717) is 17.3 Å². The van der Waals surface area contributed by atoms with E-state index >= 15 is 0 Å². The van der Waals surface area contributed by atoms with E-state index in [1.54, 1.807) is 18.2 Å². The molecular weight excluding hydrogens is 209 g/mol. The van der Waals surface area contributed by atoms with Crippen LogP contribution in [0.3, 0.4) is 0 Å². The lowest BCUT2D eigenvalue weighted by atomic mass is 10.1. The molecule has 0 saturated heterocycles. The van der Waals surface area contributed by atoms with Gasteiger partial charge >= 0.3 is 0 Å². The monoisotopic (exact) mass is 221 g/mol. The number of rotatable bonds is 2. The largest absolute Gasteiger partial charge is 0.398 e. The van der Waals surface area contributed by atoms with Crippen LogP contribution in [0.5, 0.6) is 0 Å². The standard InChI is InChI=1S/C8H12ClN3.ClH/c9-5-1-2-7(11)6(3-5)8(12)4-10;/h1-3,8H,4,10-12H2;1H/t8-;/m0./s1. The van der Waals surface area contributed by atoms with Crippen molar-refractivity contribution in [2.75, 3.05) is 12.3 Å². The minimum Gasteiger partial charge on any atom is -0.398 e. The summed E-state index contributed by atoms with van der Waals surface area (Å²) in [6, 6.07) is 4.97. The molecule has 1 atom stereocenters. The zero-order chi connectivity index (χ0) is 9.14. The van der Waals surface area contributed by atoms with Crippen LogP contribution in [0.25, 0.3) is 0 Å². The van der Waals surface area contributed by atoms with Crippen molar-refractivity contribution in [1.82, 2.24) is 0 Å². The van der Waals surface area contributed by atoms with Gasteiger partial charge in [-0.2, -0.15) is 0 Å². The molecule has 1 rings (SSSR count). The molecule has 5 heteroatoms. The Hall–Kier alpha value is -0.480. The van der Waals surface area contributed by atoms with E-state index in [-0.39, 0.29) is 18.4 Å². The first-order chi connectivity index (χ1) is 5.65. The average Bonchev–Trinajstić information content (AvgIpc) is 2.08. The first kappa shape index (κ1) is 12.5. The molecule has 13 heavy (non-hydrogen) atoms. The van der Waals surface area contributed by atoms with Crippen LogP contribution >= 0.6 is 24.0 Å². The van der Waals surface area contributed by atoms with Gasteiger partial charge in [0.1, 0.15) is 0 Å². The van der Waals surface area contributed by atoms with Crippen molar-refractivity contribution in [2.24, 2.45) is 11.5 Å². The highest BCUT2D eigenvalue weighted by Gasteiger charge is 2.07. The van der Waals surface area contributed by atoms with E-state index in [4.69, 9.17) is 28.8 Å². The first-order valence-electron chi connectivity index (χ1n) is 3.65. The Morgan fingerprint density at radius 3 is 2.54 bits per heavy atom. The molecule has 0 saturated carbocycles. The Kier molecular flexibility index (Phi) is 5.10. The van der Waals surface area contributed by atoms with Crippen LogP contribution in [-0.2, 0) is 0 Å². The molecule has 0 spiro atoms. The Morgan fingerprint density at radius 2 is 2.00 bits per heavy atom. The highest BCUT2D eigenvalue weighted by Crippen LogP contribution is 2.22. The molecular formula is C8H13Cl2N3. The highest BCUT2D eigenvalue weighted by molar-refractivity contribution is 6.30. The SMILES string of the molecule is Cl.NC[C@H](N)c1cc(Cl)ccc1N. The van der Waals surface area contributed by atoms with E-state index in [1.165, 1.54) is 0 Å². The molecule has 1 aromatic rings. The van der Waals surface area contributed by atoms with Crippen LogP contribution in [0.15, 0.2) is 18.2 Å². The Bertz CT molecular complexity index is 278. The second-order valence-corrected chi connectivity index (χ2v) is 3.05. The minimum absolute atomic E-state index is 0. The van der Waals surface area contributed by atoms with Gasteiger partial charge in [0.2, 0.25) is 0 Å². The third-order valence-corrected chi connectivity index (χ3v) is 1.94. The van der Waals surface area contributed by atoms with Crippen molar-refractivity contribution in [1.29, 1.82) is 0 Å². The predicted molar refractivity (Wildman–Crippen MR) is 59.1 cm³/mol. The maximum Gasteiger partial charge on any atom is 0.0440 e. The summed E-state index contributed by atoms with van der Waals surface area (Å²) in [4.78, 5) is 0. The number of hydrogen-bond donors (Lipinski definition) is 3. The van der Waals surface area contributed by atoms with Gasteiger partial charge in [-0.25, -0.2) is 0 Å².